The predicted octanol–water partition coefficient (Wildman–Crippen LogP) is 1.42. The number of carbonyl (C=O) groups is 1. The number of aromatic nitrogens is 3. The smallest absolute Gasteiger partial charge is 0.333 e. The lowest BCUT2D eigenvalue weighted by atomic mass is 10.2. The molecule has 5 nitrogen and oxygen atoms in total. The minimum Gasteiger partial charge on any atom is -0.466 e. The van der Waals surface area contributed by atoms with Crippen molar-refractivity contribution in [2.75, 3.05) is 12.9 Å². The Bertz CT molecular complexity index is 387. The topological polar surface area (TPSA) is 57.0 Å². The van der Waals surface area contributed by atoms with Crippen LogP contribution in [-0.4, -0.2) is 33.6 Å². The van der Waals surface area contributed by atoms with Crippen molar-refractivity contribution in [1.29, 1.82) is 0 Å². The molecule has 16 heavy (non-hydrogen) atoms. The number of rotatable bonds is 5. The average Bonchev–Trinajstić information content (AvgIpc) is 2.69. The highest BCUT2D eigenvalue weighted by Gasteiger charge is 2.06. The van der Waals surface area contributed by atoms with E-state index >= 15 is 0 Å². The van der Waals surface area contributed by atoms with E-state index in [1.807, 2.05) is 20.0 Å². The van der Waals surface area contributed by atoms with Gasteiger partial charge in [0.25, 0.3) is 0 Å². The first-order valence-corrected chi connectivity index (χ1v) is 5.91. The first kappa shape index (κ1) is 12.8. The maximum absolute atomic E-state index is 11.3. The van der Waals surface area contributed by atoms with Gasteiger partial charge >= 0.3 is 5.97 Å². The number of nitrogens with zero attached hydrogens (tertiary/aromatic N) is 3. The zero-order valence-electron chi connectivity index (χ0n) is 9.64. The number of esters is 1. The molecule has 1 rings (SSSR count). The summed E-state index contributed by atoms with van der Waals surface area (Å²) in [4.78, 5) is 15.3. The van der Waals surface area contributed by atoms with E-state index in [0.717, 1.165) is 5.16 Å². The van der Waals surface area contributed by atoms with Crippen LogP contribution in [0.5, 0.6) is 0 Å². The van der Waals surface area contributed by atoms with Gasteiger partial charge in [-0.05, 0) is 6.42 Å². The van der Waals surface area contributed by atoms with Gasteiger partial charge in [0.1, 0.15) is 6.33 Å². The van der Waals surface area contributed by atoms with E-state index in [0.29, 0.717) is 17.7 Å². The molecule has 1 aromatic rings. The lowest BCUT2D eigenvalue weighted by molar-refractivity contribution is -0.136. The Morgan fingerprint density at radius 2 is 2.44 bits per heavy atom. The molecule has 0 aliphatic rings. The van der Waals surface area contributed by atoms with Gasteiger partial charge in [0, 0.05) is 18.4 Å². The van der Waals surface area contributed by atoms with E-state index in [1.54, 1.807) is 4.68 Å². The van der Waals surface area contributed by atoms with Crippen molar-refractivity contribution < 1.29 is 9.53 Å². The van der Waals surface area contributed by atoms with Crippen LogP contribution in [0.1, 0.15) is 13.3 Å². The van der Waals surface area contributed by atoms with E-state index in [1.165, 1.54) is 25.2 Å². The molecule has 0 aliphatic heterocycles. The van der Waals surface area contributed by atoms with Gasteiger partial charge < -0.3 is 4.74 Å². The molecule has 1 heterocycles. The zero-order chi connectivity index (χ0) is 12.0. The van der Waals surface area contributed by atoms with E-state index < -0.39 is 0 Å². The van der Waals surface area contributed by atoms with Gasteiger partial charge in [-0.2, -0.15) is 5.10 Å². The van der Waals surface area contributed by atoms with Crippen molar-refractivity contribution in [2.24, 2.45) is 7.05 Å². The van der Waals surface area contributed by atoms with Crippen molar-refractivity contribution in [2.45, 2.75) is 18.5 Å². The van der Waals surface area contributed by atoms with Crippen LogP contribution >= 0.6 is 11.8 Å². The molecule has 0 spiro atoms. The molecular weight excluding hydrogens is 226 g/mol. The summed E-state index contributed by atoms with van der Waals surface area (Å²) in [5, 5.41) is 4.79. The molecular formula is C10H15N3O2S. The summed E-state index contributed by atoms with van der Waals surface area (Å²) in [6, 6.07) is 0. The van der Waals surface area contributed by atoms with Crippen molar-refractivity contribution in [3.8, 4) is 0 Å². The third-order valence-corrected chi connectivity index (χ3v) is 3.00. The molecule has 0 fully saturated rings. The minimum absolute atomic E-state index is 0.263. The molecule has 0 amide bonds. The fourth-order valence-electron chi connectivity index (χ4n) is 1.14. The van der Waals surface area contributed by atoms with Gasteiger partial charge in [-0.1, -0.05) is 24.8 Å². The monoisotopic (exact) mass is 241 g/mol. The SMILES string of the molecule is CCC(=CCSc1ncnn1C)C(=O)OC. The molecule has 0 saturated carbocycles. The molecule has 6 heteroatoms. The predicted molar refractivity (Wildman–Crippen MR) is 62.1 cm³/mol. The number of aryl methyl sites for hydroxylation is 1. The molecule has 88 valence electrons. The Hall–Kier alpha value is -1.30. The molecule has 0 saturated heterocycles. The molecule has 1 aromatic heterocycles. The second-order valence-corrected chi connectivity index (χ2v) is 4.04. The third-order valence-electron chi connectivity index (χ3n) is 2.04. The van der Waals surface area contributed by atoms with Crippen LogP contribution in [0.25, 0.3) is 0 Å². The number of ether oxygens (including phenoxy) is 1. The normalized spacial score (nSPS) is 11.6. The molecule has 0 radical (unpaired) electrons. The molecule has 0 aliphatic carbocycles. The highest BCUT2D eigenvalue weighted by atomic mass is 32.2. The van der Waals surface area contributed by atoms with Crippen molar-refractivity contribution in [1.82, 2.24) is 14.8 Å². The zero-order valence-corrected chi connectivity index (χ0v) is 10.5. The maximum atomic E-state index is 11.3. The summed E-state index contributed by atoms with van der Waals surface area (Å²) < 4.78 is 6.36. The lowest BCUT2D eigenvalue weighted by Crippen LogP contribution is -2.04. The summed E-state index contributed by atoms with van der Waals surface area (Å²) in [7, 11) is 3.22. The minimum atomic E-state index is -0.263. The van der Waals surface area contributed by atoms with E-state index in [9.17, 15) is 4.79 Å². The molecule has 0 unspecified atom stereocenters. The third kappa shape index (κ3) is 3.37. The second-order valence-electron chi connectivity index (χ2n) is 3.05. The van der Waals surface area contributed by atoms with Gasteiger partial charge in [-0.15, -0.1) is 0 Å². The summed E-state index contributed by atoms with van der Waals surface area (Å²) >= 11 is 1.53. The van der Waals surface area contributed by atoms with Gasteiger partial charge in [0.2, 0.25) is 0 Å². The number of carbonyl (C=O) groups excluding carboxylic acids is 1. The van der Waals surface area contributed by atoms with Crippen LogP contribution in [0, 0.1) is 0 Å². The van der Waals surface area contributed by atoms with Gasteiger partial charge in [0.05, 0.1) is 7.11 Å². The first-order chi connectivity index (χ1) is 7.69. The second kappa shape index (κ2) is 6.32. The summed E-state index contributed by atoms with van der Waals surface area (Å²) in [6.07, 6.45) is 4.05. The van der Waals surface area contributed by atoms with Crippen molar-refractivity contribution in [3.05, 3.63) is 18.0 Å². The first-order valence-electron chi connectivity index (χ1n) is 4.93. The summed E-state index contributed by atoms with van der Waals surface area (Å²) in [6.45, 7) is 1.93. The van der Waals surface area contributed by atoms with Gasteiger partial charge in [-0.25, -0.2) is 14.5 Å². The van der Waals surface area contributed by atoms with Crippen LogP contribution in [0.4, 0.5) is 0 Å². The standard InChI is InChI=1S/C10H15N3O2S/c1-4-8(9(14)15-3)5-6-16-10-11-7-12-13(10)2/h5,7H,4,6H2,1-3H3. The van der Waals surface area contributed by atoms with Crippen LogP contribution < -0.4 is 0 Å². The van der Waals surface area contributed by atoms with E-state index in [2.05, 4.69) is 14.8 Å². The number of hydrogen-bond donors (Lipinski definition) is 0. The Morgan fingerprint density at radius 1 is 1.69 bits per heavy atom. The Kier molecular flexibility index (Phi) is 5.04. The Labute approximate surface area is 98.9 Å². The van der Waals surface area contributed by atoms with Crippen LogP contribution in [0.2, 0.25) is 0 Å². The van der Waals surface area contributed by atoms with Crippen molar-refractivity contribution >= 4 is 17.7 Å². The Morgan fingerprint density at radius 3 is 2.94 bits per heavy atom. The maximum Gasteiger partial charge on any atom is 0.333 e. The fraction of sp³-hybridized carbons (Fsp3) is 0.500. The van der Waals surface area contributed by atoms with E-state index in [4.69, 9.17) is 0 Å². The number of thioether (sulfide) groups is 1. The van der Waals surface area contributed by atoms with Crippen LogP contribution in [0.3, 0.4) is 0 Å². The molecule has 0 aromatic carbocycles. The summed E-state index contributed by atoms with van der Waals surface area (Å²) in [5.41, 5.74) is 0.692. The molecule has 0 bridgehead atoms. The van der Waals surface area contributed by atoms with Crippen molar-refractivity contribution in [3.63, 3.8) is 0 Å². The van der Waals surface area contributed by atoms with Crippen LogP contribution in [-0.2, 0) is 16.6 Å². The highest BCUT2D eigenvalue weighted by molar-refractivity contribution is 7.99. The van der Waals surface area contributed by atoms with Gasteiger partial charge in [-0.3, -0.25) is 0 Å². The summed E-state index contributed by atoms with van der Waals surface area (Å²) in [5.74, 6) is 0.422. The average molecular weight is 241 g/mol. The number of hydrogen-bond acceptors (Lipinski definition) is 5. The van der Waals surface area contributed by atoms with Crippen LogP contribution in [0.15, 0.2) is 23.1 Å². The number of methoxy groups -OCH3 is 1. The van der Waals surface area contributed by atoms with E-state index in [-0.39, 0.29) is 5.97 Å². The fourth-order valence-corrected chi connectivity index (χ4v) is 1.93. The highest BCUT2D eigenvalue weighted by Crippen LogP contribution is 2.15. The quantitative estimate of drug-likeness (QED) is 0.443. The van der Waals surface area contributed by atoms with Gasteiger partial charge in [0.15, 0.2) is 5.16 Å². The molecule has 0 N–H and O–H groups in total. The molecule has 0 atom stereocenters. The Balaban J connectivity index is 2.52. The largest absolute Gasteiger partial charge is 0.466 e. The lowest BCUT2D eigenvalue weighted by Gasteiger charge is -2.01.